The van der Waals surface area contributed by atoms with Gasteiger partial charge in [0.1, 0.15) is 12.1 Å². The number of nitrogens with two attached hydrogens (primary N) is 2. The molecule has 0 aliphatic rings. The number of carboxylic acids is 2. The molecule has 0 fully saturated rings. The molecule has 0 unspecified atom stereocenters. The summed E-state index contributed by atoms with van der Waals surface area (Å²) in [4.78, 5) is 64.3. The maximum absolute atomic E-state index is 12.4. The number of rotatable bonds is 13. The van der Waals surface area contributed by atoms with Crippen LogP contribution in [-0.4, -0.2) is 68.0 Å². The van der Waals surface area contributed by atoms with Gasteiger partial charge in [-0.1, -0.05) is 0 Å². The number of carbonyl (C=O) groups excluding carboxylic acids is 3. The summed E-state index contributed by atoms with van der Waals surface area (Å²) in [5.74, 6) is -4.99. The highest BCUT2D eigenvalue weighted by Gasteiger charge is 2.28. The smallest absolute Gasteiger partial charge is 0.326 e. The zero-order valence-corrected chi connectivity index (χ0v) is 15.5. The van der Waals surface area contributed by atoms with Gasteiger partial charge in [0, 0.05) is 31.2 Å². The van der Waals surface area contributed by atoms with Gasteiger partial charge in [-0.2, -0.15) is 0 Å². The third kappa shape index (κ3) is 8.83. The van der Waals surface area contributed by atoms with E-state index in [0.717, 1.165) is 0 Å². The summed E-state index contributed by atoms with van der Waals surface area (Å²) in [5, 5.41) is 22.4. The molecule has 1 heterocycles. The Bertz CT molecular complexity index is 736. The number of aromatic amines is 1. The van der Waals surface area contributed by atoms with Crippen molar-refractivity contribution in [3.8, 4) is 0 Å². The number of aromatic nitrogens is 2. The molecule has 0 radical (unpaired) electrons. The average Bonchev–Trinajstić information content (AvgIpc) is 3.13. The highest BCUT2D eigenvalue weighted by molar-refractivity contribution is 5.92. The Morgan fingerprint density at radius 2 is 1.66 bits per heavy atom. The lowest BCUT2D eigenvalue weighted by molar-refractivity contribution is -0.143. The summed E-state index contributed by atoms with van der Waals surface area (Å²) in [6.45, 7) is 0. The molecule has 0 saturated heterocycles. The predicted molar refractivity (Wildman–Crippen MR) is 97.1 cm³/mol. The van der Waals surface area contributed by atoms with Crippen LogP contribution in [0.5, 0.6) is 0 Å². The summed E-state index contributed by atoms with van der Waals surface area (Å²) >= 11 is 0. The van der Waals surface area contributed by atoms with Crippen LogP contribution in [-0.2, 0) is 30.4 Å². The number of amides is 3. The summed E-state index contributed by atoms with van der Waals surface area (Å²) in [7, 11) is 0. The topological polar surface area (TPSA) is 231 Å². The van der Waals surface area contributed by atoms with E-state index in [0.29, 0.717) is 5.69 Å². The third-order valence-electron chi connectivity index (χ3n) is 3.91. The summed E-state index contributed by atoms with van der Waals surface area (Å²) in [6.07, 6.45) is 1.72. The zero-order chi connectivity index (χ0) is 22.0. The van der Waals surface area contributed by atoms with Crippen LogP contribution >= 0.6 is 0 Å². The molecule has 13 nitrogen and oxygen atoms in total. The Balaban J connectivity index is 2.79. The molecule has 0 bridgehead atoms. The number of primary amides is 1. The van der Waals surface area contributed by atoms with Crippen LogP contribution in [0.2, 0.25) is 0 Å². The molecule has 0 aliphatic carbocycles. The second kappa shape index (κ2) is 11.4. The summed E-state index contributed by atoms with van der Waals surface area (Å²) < 4.78 is 0. The van der Waals surface area contributed by atoms with Crippen LogP contribution < -0.4 is 22.1 Å². The lowest BCUT2D eigenvalue weighted by atomic mass is 10.1. The van der Waals surface area contributed by atoms with Crippen molar-refractivity contribution in [2.75, 3.05) is 0 Å². The third-order valence-corrected chi connectivity index (χ3v) is 3.91. The van der Waals surface area contributed by atoms with Crippen LogP contribution in [0.15, 0.2) is 12.5 Å². The molecule has 0 aliphatic heterocycles. The monoisotopic (exact) mass is 412 g/mol. The van der Waals surface area contributed by atoms with Gasteiger partial charge in [-0.05, 0) is 12.8 Å². The van der Waals surface area contributed by atoms with Crippen molar-refractivity contribution in [1.82, 2.24) is 20.6 Å². The van der Waals surface area contributed by atoms with E-state index >= 15 is 0 Å². The standard InChI is InChI=1S/C16H24N6O7/c17-9(5-8-6-19-7-20-8)14(26)21-10(1-3-12(18)23)15(27)22-11(16(28)29)2-4-13(24)25/h6-7,9-11H,1-5,17H2,(H2,18,23)(H,19,20)(H,21,26)(H,22,27)(H,24,25)(H,28,29)/t9-,10-,11-/m0/s1. The van der Waals surface area contributed by atoms with Gasteiger partial charge in [0.2, 0.25) is 17.7 Å². The SMILES string of the molecule is NC(=O)CC[C@H](NC(=O)[C@@H](N)Cc1cnc[nH]1)C(=O)N[C@@H](CCC(=O)O)C(=O)O. The molecule has 3 amide bonds. The van der Waals surface area contributed by atoms with E-state index in [1.807, 2.05) is 0 Å². The van der Waals surface area contributed by atoms with Crippen molar-refractivity contribution in [2.24, 2.45) is 11.5 Å². The first-order valence-corrected chi connectivity index (χ1v) is 8.66. The molecule has 29 heavy (non-hydrogen) atoms. The van der Waals surface area contributed by atoms with Crippen LogP contribution in [0.25, 0.3) is 0 Å². The molecular weight excluding hydrogens is 388 g/mol. The number of H-pyrrole nitrogens is 1. The van der Waals surface area contributed by atoms with Crippen molar-refractivity contribution in [3.63, 3.8) is 0 Å². The normalized spacial score (nSPS) is 13.7. The minimum atomic E-state index is -1.48. The maximum atomic E-state index is 12.4. The first-order valence-electron chi connectivity index (χ1n) is 8.66. The lowest BCUT2D eigenvalue weighted by Crippen LogP contribution is -2.55. The van der Waals surface area contributed by atoms with E-state index in [2.05, 4.69) is 20.6 Å². The summed E-state index contributed by atoms with van der Waals surface area (Å²) in [6, 6.07) is -3.80. The van der Waals surface area contributed by atoms with E-state index in [9.17, 15) is 24.0 Å². The molecule has 1 rings (SSSR count). The van der Waals surface area contributed by atoms with E-state index in [-0.39, 0.29) is 25.7 Å². The number of nitrogens with zero attached hydrogens (tertiary/aromatic N) is 1. The highest BCUT2D eigenvalue weighted by atomic mass is 16.4. The van der Waals surface area contributed by atoms with Crippen molar-refractivity contribution >= 4 is 29.7 Å². The fraction of sp³-hybridized carbons (Fsp3) is 0.500. The van der Waals surface area contributed by atoms with Gasteiger partial charge in [-0.25, -0.2) is 9.78 Å². The number of carboxylic acid groups (broad SMARTS) is 2. The van der Waals surface area contributed by atoms with Gasteiger partial charge >= 0.3 is 11.9 Å². The highest BCUT2D eigenvalue weighted by Crippen LogP contribution is 2.04. The molecule has 0 saturated carbocycles. The molecule has 0 spiro atoms. The van der Waals surface area contributed by atoms with E-state index < -0.39 is 54.2 Å². The Morgan fingerprint density at radius 3 is 2.17 bits per heavy atom. The number of hydrogen-bond acceptors (Lipinski definition) is 7. The number of nitrogens with one attached hydrogen (secondary N) is 3. The second-order valence-corrected chi connectivity index (χ2v) is 6.29. The molecule has 13 heteroatoms. The largest absolute Gasteiger partial charge is 0.481 e. The minimum absolute atomic E-state index is 0.104. The molecule has 160 valence electrons. The average molecular weight is 412 g/mol. The second-order valence-electron chi connectivity index (χ2n) is 6.29. The Kier molecular flexibility index (Phi) is 9.25. The lowest BCUT2D eigenvalue weighted by Gasteiger charge is -2.22. The number of hydrogen-bond donors (Lipinski definition) is 7. The van der Waals surface area contributed by atoms with Crippen LogP contribution in [0.1, 0.15) is 31.4 Å². The van der Waals surface area contributed by atoms with Crippen molar-refractivity contribution in [1.29, 1.82) is 0 Å². The molecule has 1 aromatic rings. The van der Waals surface area contributed by atoms with E-state index in [4.69, 9.17) is 21.7 Å². The first kappa shape index (κ1) is 23.6. The predicted octanol–water partition coefficient (Wildman–Crippen LogP) is -2.54. The van der Waals surface area contributed by atoms with Gasteiger partial charge in [-0.3, -0.25) is 19.2 Å². The quantitative estimate of drug-likeness (QED) is 0.181. The fourth-order valence-electron chi connectivity index (χ4n) is 2.36. The molecule has 0 aromatic carbocycles. The van der Waals surface area contributed by atoms with Crippen LogP contribution in [0, 0.1) is 0 Å². The Labute approximate surface area is 165 Å². The van der Waals surface area contributed by atoms with Gasteiger partial charge in [-0.15, -0.1) is 0 Å². The Hall–Kier alpha value is -3.48. The van der Waals surface area contributed by atoms with E-state index in [1.165, 1.54) is 12.5 Å². The van der Waals surface area contributed by atoms with Crippen LogP contribution in [0.4, 0.5) is 0 Å². The number of aliphatic carboxylic acids is 2. The van der Waals surface area contributed by atoms with Gasteiger partial charge < -0.3 is 37.3 Å². The molecule has 3 atom stereocenters. The van der Waals surface area contributed by atoms with Gasteiger partial charge in [0.15, 0.2) is 0 Å². The maximum Gasteiger partial charge on any atom is 0.326 e. The van der Waals surface area contributed by atoms with Gasteiger partial charge in [0.25, 0.3) is 0 Å². The molecular formula is C16H24N6O7. The first-order chi connectivity index (χ1) is 13.6. The van der Waals surface area contributed by atoms with E-state index in [1.54, 1.807) is 0 Å². The number of imidazole rings is 1. The Morgan fingerprint density at radius 1 is 1.03 bits per heavy atom. The molecule has 9 N–H and O–H groups in total. The fourth-order valence-corrected chi connectivity index (χ4v) is 2.36. The number of carbonyl (C=O) groups is 5. The zero-order valence-electron chi connectivity index (χ0n) is 15.5. The van der Waals surface area contributed by atoms with Crippen LogP contribution in [0.3, 0.4) is 0 Å². The summed E-state index contributed by atoms with van der Waals surface area (Å²) in [5.41, 5.74) is 11.5. The molecule has 1 aromatic heterocycles. The van der Waals surface area contributed by atoms with Crippen molar-refractivity contribution in [3.05, 3.63) is 18.2 Å². The van der Waals surface area contributed by atoms with Crippen molar-refractivity contribution < 1.29 is 34.2 Å². The van der Waals surface area contributed by atoms with Gasteiger partial charge in [0.05, 0.1) is 12.4 Å². The van der Waals surface area contributed by atoms with Crippen molar-refractivity contribution in [2.45, 2.75) is 50.2 Å². The minimum Gasteiger partial charge on any atom is -0.481 e.